The number of carbonyl (C=O) groups is 1. The zero-order valence-electron chi connectivity index (χ0n) is 13.3. The molecule has 2 rings (SSSR count). The summed E-state index contributed by atoms with van der Waals surface area (Å²) in [6.45, 7) is 4.47. The van der Waals surface area contributed by atoms with Crippen molar-refractivity contribution in [2.75, 3.05) is 20.6 Å². The van der Waals surface area contributed by atoms with Crippen molar-refractivity contribution in [1.82, 2.24) is 20.5 Å². The lowest BCUT2D eigenvalue weighted by Gasteiger charge is -2.24. The Labute approximate surface area is 139 Å². The molecule has 0 radical (unpaired) electrons. The summed E-state index contributed by atoms with van der Waals surface area (Å²) < 4.78 is 0. The van der Waals surface area contributed by atoms with Gasteiger partial charge in [-0.2, -0.15) is 11.3 Å². The summed E-state index contributed by atoms with van der Waals surface area (Å²) in [4.78, 5) is 18.6. The average molecular weight is 339 g/mol. The summed E-state index contributed by atoms with van der Waals surface area (Å²) in [5.74, 6) is 0. The smallest absolute Gasteiger partial charge is 0.315 e. The number of nitrogens with one attached hydrogen (secondary N) is 2. The van der Waals surface area contributed by atoms with Gasteiger partial charge in [0.1, 0.15) is 5.01 Å². The number of hydrogen-bond acceptors (Lipinski definition) is 5. The fourth-order valence-corrected chi connectivity index (χ4v) is 3.64. The minimum atomic E-state index is -0.164. The molecular formula is C15H22N4OS2. The Morgan fingerprint density at radius 3 is 2.73 bits per heavy atom. The molecule has 0 aliphatic carbocycles. The summed E-state index contributed by atoms with van der Waals surface area (Å²) in [7, 11) is 4.03. The van der Waals surface area contributed by atoms with Crippen LogP contribution in [0, 0.1) is 6.92 Å². The highest BCUT2D eigenvalue weighted by Crippen LogP contribution is 2.20. The quantitative estimate of drug-likeness (QED) is 0.850. The van der Waals surface area contributed by atoms with E-state index in [2.05, 4.69) is 37.3 Å². The van der Waals surface area contributed by atoms with Crippen LogP contribution >= 0.6 is 22.7 Å². The summed E-state index contributed by atoms with van der Waals surface area (Å²) >= 11 is 3.23. The number of hydrogen-bond donors (Lipinski definition) is 2. The lowest BCUT2D eigenvalue weighted by Crippen LogP contribution is -2.41. The van der Waals surface area contributed by atoms with Gasteiger partial charge in [0.15, 0.2) is 0 Å². The number of amides is 2. The molecule has 0 bridgehead atoms. The Morgan fingerprint density at radius 1 is 1.41 bits per heavy atom. The molecule has 0 fully saturated rings. The molecule has 0 aliphatic heterocycles. The number of nitrogens with zero attached hydrogens (tertiary/aromatic N) is 2. The van der Waals surface area contributed by atoms with E-state index in [1.165, 1.54) is 5.56 Å². The topological polar surface area (TPSA) is 57.3 Å². The third-order valence-electron chi connectivity index (χ3n) is 3.36. The number of aryl methyl sites for hydroxylation is 1. The van der Waals surface area contributed by atoms with E-state index in [1.54, 1.807) is 22.7 Å². The van der Waals surface area contributed by atoms with Crippen LogP contribution in [0.5, 0.6) is 0 Å². The summed E-state index contributed by atoms with van der Waals surface area (Å²) in [6.07, 6.45) is 0. The van der Waals surface area contributed by atoms with Crippen LogP contribution in [-0.4, -0.2) is 36.6 Å². The minimum Gasteiger partial charge on any atom is -0.336 e. The molecule has 2 amide bonds. The van der Waals surface area contributed by atoms with Crippen molar-refractivity contribution < 1.29 is 4.79 Å². The second kappa shape index (κ2) is 7.71. The SMILES string of the molecule is Cc1csc(C(C)NC(=O)NCC(c2ccsc2)N(C)C)n1. The Hall–Kier alpha value is -1.44. The number of thiazole rings is 1. The van der Waals surface area contributed by atoms with Crippen molar-refractivity contribution in [3.05, 3.63) is 38.5 Å². The maximum atomic E-state index is 12.1. The highest BCUT2D eigenvalue weighted by Gasteiger charge is 2.17. The molecule has 2 aromatic rings. The van der Waals surface area contributed by atoms with E-state index in [1.807, 2.05) is 33.3 Å². The van der Waals surface area contributed by atoms with Gasteiger partial charge >= 0.3 is 6.03 Å². The predicted molar refractivity (Wildman–Crippen MR) is 92.5 cm³/mol. The first kappa shape index (κ1) is 16.9. The zero-order valence-corrected chi connectivity index (χ0v) is 14.9. The predicted octanol–water partition coefficient (Wildman–Crippen LogP) is 3.18. The van der Waals surface area contributed by atoms with Gasteiger partial charge in [0, 0.05) is 17.6 Å². The zero-order chi connectivity index (χ0) is 16.1. The molecule has 0 aromatic carbocycles. The first-order chi connectivity index (χ1) is 10.5. The average Bonchev–Trinajstić information content (AvgIpc) is 3.10. The Bertz CT molecular complexity index is 594. The van der Waals surface area contributed by atoms with Gasteiger partial charge in [-0.1, -0.05) is 0 Å². The van der Waals surface area contributed by atoms with Crippen molar-refractivity contribution >= 4 is 28.7 Å². The third-order valence-corrected chi connectivity index (χ3v) is 5.21. The maximum absolute atomic E-state index is 12.1. The van der Waals surface area contributed by atoms with Crippen LogP contribution in [-0.2, 0) is 0 Å². The molecule has 120 valence electrons. The summed E-state index contributed by atoms with van der Waals surface area (Å²) in [5.41, 5.74) is 2.21. The monoisotopic (exact) mass is 338 g/mol. The summed E-state index contributed by atoms with van der Waals surface area (Å²) in [6, 6.07) is 2.02. The minimum absolute atomic E-state index is 0.0855. The number of likely N-dealkylation sites (N-methyl/N-ethyl adjacent to an activating group) is 1. The fraction of sp³-hybridized carbons (Fsp3) is 0.467. The number of urea groups is 1. The number of thiophene rings is 1. The van der Waals surface area contributed by atoms with Gasteiger partial charge in [-0.15, -0.1) is 11.3 Å². The van der Waals surface area contributed by atoms with Crippen molar-refractivity contribution in [2.45, 2.75) is 25.9 Å². The van der Waals surface area contributed by atoms with Crippen LogP contribution in [0.3, 0.4) is 0 Å². The molecule has 0 spiro atoms. The molecule has 7 heteroatoms. The second-order valence-corrected chi connectivity index (χ2v) is 7.11. The van der Waals surface area contributed by atoms with Crippen molar-refractivity contribution in [3.63, 3.8) is 0 Å². The molecule has 2 atom stereocenters. The first-order valence-electron chi connectivity index (χ1n) is 7.12. The van der Waals surface area contributed by atoms with E-state index in [4.69, 9.17) is 0 Å². The number of carbonyl (C=O) groups excluding carboxylic acids is 1. The second-order valence-electron chi connectivity index (χ2n) is 5.44. The standard InChI is InChI=1S/C15H22N4OS2/c1-10-8-22-14(17-10)11(2)18-15(20)16-7-13(19(3)4)12-5-6-21-9-12/h5-6,8-9,11,13H,7H2,1-4H3,(H2,16,18,20). The van der Waals surface area contributed by atoms with Crippen molar-refractivity contribution in [2.24, 2.45) is 0 Å². The Kier molecular flexibility index (Phi) is 5.93. The van der Waals surface area contributed by atoms with Gasteiger partial charge in [-0.05, 0) is 50.3 Å². The van der Waals surface area contributed by atoms with Crippen molar-refractivity contribution in [1.29, 1.82) is 0 Å². The Balaban J connectivity index is 1.86. The van der Waals surface area contributed by atoms with Gasteiger partial charge in [-0.3, -0.25) is 0 Å². The molecule has 2 N–H and O–H groups in total. The number of rotatable bonds is 6. The molecule has 2 heterocycles. The molecule has 5 nitrogen and oxygen atoms in total. The van der Waals surface area contributed by atoms with E-state index >= 15 is 0 Å². The first-order valence-corrected chi connectivity index (χ1v) is 8.94. The van der Waals surface area contributed by atoms with Gasteiger partial charge < -0.3 is 15.5 Å². The lowest BCUT2D eigenvalue weighted by molar-refractivity contribution is 0.230. The van der Waals surface area contributed by atoms with Gasteiger partial charge in [0.05, 0.1) is 12.1 Å². The summed E-state index contributed by atoms with van der Waals surface area (Å²) in [5, 5.41) is 13.0. The highest BCUT2D eigenvalue weighted by atomic mass is 32.1. The largest absolute Gasteiger partial charge is 0.336 e. The maximum Gasteiger partial charge on any atom is 0.315 e. The van der Waals surface area contributed by atoms with E-state index in [9.17, 15) is 4.79 Å². The van der Waals surface area contributed by atoms with Crippen LogP contribution in [0.25, 0.3) is 0 Å². The Morgan fingerprint density at radius 2 is 2.18 bits per heavy atom. The molecule has 2 aromatic heterocycles. The highest BCUT2D eigenvalue weighted by molar-refractivity contribution is 7.09. The number of aromatic nitrogens is 1. The van der Waals surface area contributed by atoms with E-state index < -0.39 is 0 Å². The van der Waals surface area contributed by atoms with Crippen LogP contribution in [0.1, 0.15) is 35.3 Å². The molecular weight excluding hydrogens is 316 g/mol. The van der Waals surface area contributed by atoms with Crippen LogP contribution in [0.15, 0.2) is 22.2 Å². The lowest BCUT2D eigenvalue weighted by atomic mass is 10.1. The molecule has 0 saturated carbocycles. The normalized spacial score (nSPS) is 13.9. The van der Waals surface area contributed by atoms with Gasteiger partial charge in [0.25, 0.3) is 0 Å². The van der Waals surface area contributed by atoms with E-state index in [0.29, 0.717) is 6.54 Å². The molecule has 2 unspecified atom stereocenters. The molecule has 0 aliphatic rings. The van der Waals surface area contributed by atoms with Crippen molar-refractivity contribution in [3.8, 4) is 0 Å². The van der Waals surface area contributed by atoms with Crippen LogP contribution < -0.4 is 10.6 Å². The van der Waals surface area contributed by atoms with Crippen LogP contribution in [0.2, 0.25) is 0 Å². The fourth-order valence-electron chi connectivity index (χ4n) is 2.13. The van der Waals surface area contributed by atoms with Crippen LogP contribution in [0.4, 0.5) is 4.79 Å². The third kappa shape index (κ3) is 4.53. The van der Waals surface area contributed by atoms with Gasteiger partial charge in [-0.25, -0.2) is 9.78 Å². The molecule has 22 heavy (non-hydrogen) atoms. The van der Waals surface area contributed by atoms with Gasteiger partial charge in [0.2, 0.25) is 0 Å². The van der Waals surface area contributed by atoms with E-state index in [0.717, 1.165) is 10.7 Å². The molecule has 0 saturated heterocycles. The van der Waals surface area contributed by atoms with E-state index in [-0.39, 0.29) is 18.1 Å².